The molecule has 0 spiro atoms. The number of ketones is 1. The largest absolute Gasteiger partial charge is 0.507 e. The van der Waals surface area contributed by atoms with Crippen LogP contribution in [0.15, 0.2) is 54.1 Å². The molecule has 9 nitrogen and oxygen atoms in total. The predicted molar refractivity (Wildman–Crippen MR) is 127 cm³/mol. The van der Waals surface area contributed by atoms with Gasteiger partial charge >= 0.3 is 5.97 Å². The summed E-state index contributed by atoms with van der Waals surface area (Å²) in [6.45, 7) is 3.59. The van der Waals surface area contributed by atoms with Crippen molar-refractivity contribution in [3.63, 3.8) is 0 Å². The molecule has 2 aliphatic rings. The van der Waals surface area contributed by atoms with Gasteiger partial charge in [0.1, 0.15) is 11.5 Å². The van der Waals surface area contributed by atoms with Gasteiger partial charge in [-0.05, 0) is 42.0 Å². The number of esters is 1. The highest BCUT2D eigenvalue weighted by Gasteiger charge is 2.46. The zero-order valence-electron chi connectivity index (χ0n) is 19.7. The van der Waals surface area contributed by atoms with Gasteiger partial charge in [0.25, 0.3) is 11.7 Å². The standard InChI is InChI=1S/C26H28N2O7/c1-33-20-9-7-18(8-10-20)23(29)21-22(17-3-5-19(6-4-17)26(32)34-2)28(25(31)24(21)30)12-11-27-13-15-35-16-14-27/h3-10,22,29H,11-16H2,1-2H3/t22-/m1/s1. The van der Waals surface area contributed by atoms with Gasteiger partial charge in [0.15, 0.2) is 0 Å². The van der Waals surface area contributed by atoms with Gasteiger partial charge < -0.3 is 24.2 Å². The summed E-state index contributed by atoms with van der Waals surface area (Å²) in [7, 11) is 2.83. The van der Waals surface area contributed by atoms with E-state index in [-0.39, 0.29) is 11.3 Å². The number of amides is 1. The number of aliphatic hydroxyl groups is 1. The topological polar surface area (TPSA) is 106 Å². The molecule has 0 aliphatic carbocycles. The molecule has 0 aromatic heterocycles. The van der Waals surface area contributed by atoms with Crippen LogP contribution in [0.5, 0.6) is 5.75 Å². The molecule has 2 aliphatic heterocycles. The number of carbonyl (C=O) groups excluding carboxylic acids is 3. The number of likely N-dealkylation sites (tertiary alicyclic amines) is 1. The third-order valence-electron chi connectivity index (χ3n) is 6.31. The third-order valence-corrected chi connectivity index (χ3v) is 6.31. The van der Waals surface area contributed by atoms with Gasteiger partial charge in [-0.3, -0.25) is 14.5 Å². The van der Waals surface area contributed by atoms with Crippen LogP contribution in [0.4, 0.5) is 0 Å². The Morgan fingerprint density at radius 1 is 0.971 bits per heavy atom. The number of carbonyl (C=O) groups is 3. The molecule has 2 heterocycles. The number of ether oxygens (including phenoxy) is 3. The fourth-order valence-electron chi connectivity index (χ4n) is 4.35. The third kappa shape index (κ3) is 5.06. The van der Waals surface area contributed by atoms with E-state index >= 15 is 0 Å². The van der Waals surface area contributed by atoms with Crippen LogP contribution in [0, 0.1) is 0 Å². The van der Waals surface area contributed by atoms with E-state index in [0.29, 0.717) is 48.7 Å². The lowest BCUT2D eigenvalue weighted by atomic mass is 9.94. The first-order valence-corrected chi connectivity index (χ1v) is 11.4. The van der Waals surface area contributed by atoms with Gasteiger partial charge in [0, 0.05) is 31.7 Å². The first-order valence-electron chi connectivity index (χ1n) is 11.4. The van der Waals surface area contributed by atoms with Crippen LogP contribution in [0.1, 0.15) is 27.5 Å². The summed E-state index contributed by atoms with van der Waals surface area (Å²) >= 11 is 0. The zero-order valence-corrected chi connectivity index (χ0v) is 19.7. The minimum absolute atomic E-state index is 0.00737. The number of hydrogen-bond acceptors (Lipinski definition) is 8. The van der Waals surface area contributed by atoms with Gasteiger partial charge in [0.2, 0.25) is 0 Å². The lowest BCUT2D eigenvalue weighted by Crippen LogP contribution is -2.42. The van der Waals surface area contributed by atoms with Crippen molar-refractivity contribution < 1.29 is 33.7 Å². The number of benzene rings is 2. The second-order valence-corrected chi connectivity index (χ2v) is 8.29. The van der Waals surface area contributed by atoms with Gasteiger partial charge in [-0.15, -0.1) is 0 Å². The monoisotopic (exact) mass is 480 g/mol. The first-order chi connectivity index (χ1) is 16.9. The lowest BCUT2D eigenvalue weighted by Gasteiger charge is -2.31. The maximum Gasteiger partial charge on any atom is 0.337 e. The van der Waals surface area contributed by atoms with Crippen LogP contribution in [0.3, 0.4) is 0 Å². The van der Waals surface area contributed by atoms with Gasteiger partial charge in [-0.2, -0.15) is 0 Å². The smallest absolute Gasteiger partial charge is 0.337 e. The van der Waals surface area contributed by atoms with Crippen LogP contribution in [-0.2, 0) is 19.1 Å². The van der Waals surface area contributed by atoms with E-state index in [4.69, 9.17) is 14.2 Å². The number of rotatable bonds is 7. The van der Waals surface area contributed by atoms with Crippen molar-refractivity contribution in [3.8, 4) is 5.75 Å². The minimum Gasteiger partial charge on any atom is -0.507 e. The number of hydrogen-bond donors (Lipinski definition) is 1. The van der Waals surface area contributed by atoms with Crippen LogP contribution in [0.25, 0.3) is 5.76 Å². The van der Waals surface area contributed by atoms with Crippen molar-refractivity contribution in [3.05, 3.63) is 70.8 Å². The summed E-state index contributed by atoms with van der Waals surface area (Å²) in [5.74, 6) is -1.57. The van der Waals surface area contributed by atoms with E-state index in [1.165, 1.54) is 19.1 Å². The molecule has 9 heteroatoms. The summed E-state index contributed by atoms with van der Waals surface area (Å²) in [6.07, 6.45) is 0. The number of aliphatic hydroxyl groups excluding tert-OH is 1. The highest BCUT2D eigenvalue weighted by molar-refractivity contribution is 6.46. The molecular formula is C26H28N2O7. The molecule has 184 valence electrons. The van der Waals surface area contributed by atoms with Gasteiger partial charge in [-0.1, -0.05) is 12.1 Å². The lowest BCUT2D eigenvalue weighted by molar-refractivity contribution is -0.140. The Morgan fingerprint density at radius 2 is 1.60 bits per heavy atom. The Balaban J connectivity index is 1.73. The van der Waals surface area contributed by atoms with Crippen molar-refractivity contribution >= 4 is 23.4 Å². The average Bonchev–Trinajstić information content (AvgIpc) is 3.16. The Morgan fingerprint density at radius 3 is 2.20 bits per heavy atom. The normalized spacial score (nSPS) is 20.2. The van der Waals surface area contributed by atoms with Crippen LogP contribution in [-0.4, -0.2) is 86.2 Å². The molecule has 2 saturated heterocycles. The summed E-state index contributed by atoms with van der Waals surface area (Å²) in [5, 5.41) is 11.2. The quantitative estimate of drug-likeness (QED) is 0.278. The molecule has 4 rings (SSSR count). The zero-order chi connectivity index (χ0) is 24.9. The van der Waals surface area contributed by atoms with Crippen molar-refractivity contribution in [1.82, 2.24) is 9.80 Å². The van der Waals surface area contributed by atoms with Crippen molar-refractivity contribution in [1.29, 1.82) is 0 Å². The van der Waals surface area contributed by atoms with Crippen molar-refractivity contribution in [2.24, 2.45) is 0 Å². The average molecular weight is 481 g/mol. The molecule has 1 N–H and O–H groups in total. The number of nitrogens with zero attached hydrogens (tertiary/aromatic N) is 2. The van der Waals surface area contributed by atoms with E-state index in [9.17, 15) is 19.5 Å². The van der Waals surface area contributed by atoms with Crippen LogP contribution in [0.2, 0.25) is 0 Å². The fraction of sp³-hybridized carbons (Fsp3) is 0.346. The molecule has 2 aromatic carbocycles. The summed E-state index contributed by atoms with van der Waals surface area (Å²) in [4.78, 5) is 41.8. The van der Waals surface area contributed by atoms with E-state index in [1.807, 2.05) is 0 Å². The summed E-state index contributed by atoms with van der Waals surface area (Å²) < 4.78 is 15.3. The van der Waals surface area contributed by atoms with E-state index in [0.717, 1.165) is 13.1 Å². The summed E-state index contributed by atoms with van der Waals surface area (Å²) in [5.41, 5.74) is 1.35. The Bertz CT molecular complexity index is 1120. The molecule has 2 aromatic rings. The molecule has 0 bridgehead atoms. The molecule has 2 fully saturated rings. The van der Waals surface area contributed by atoms with Crippen LogP contribution >= 0.6 is 0 Å². The van der Waals surface area contributed by atoms with Crippen LogP contribution < -0.4 is 4.74 Å². The molecule has 1 amide bonds. The SMILES string of the molecule is COC(=O)c1ccc([C@@H]2C(=C(O)c3ccc(OC)cc3)C(=O)C(=O)N2CCN2CCOCC2)cc1. The van der Waals surface area contributed by atoms with E-state index in [2.05, 4.69) is 4.90 Å². The Labute approximate surface area is 203 Å². The molecule has 0 radical (unpaired) electrons. The maximum atomic E-state index is 13.2. The highest BCUT2D eigenvalue weighted by atomic mass is 16.5. The van der Waals surface area contributed by atoms with E-state index < -0.39 is 23.7 Å². The second kappa shape index (κ2) is 10.7. The molecular weight excluding hydrogens is 452 g/mol. The van der Waals surface area contributed by atoms with Crippen molar-refractivity contribution in [2.45, 2.75) is 6.04 Å². The Hall–Kier alpha value is -3.69. The van der Waals surface area contributed by atoms with Crippen molar-refractivity contribution in [2.75, 3.05) is 53.6 Å². The summed E-state index contributed by atoms with van der Waals surface area (Å²) in [6, 6.07) is 12.3. The van der Waals surface area contributed by atoms with E-state index in [1.54, 1.807) is 48.5 Å². The molecule has 1 atom stereocenters. The number of Topliss-reactive ketones (excluding diaryl/α,β-unsaturated/α-hetero) is 1. The molecule has 0 saturated carbocycles. The Kier molecular flexibility index (Phi) is 7.48. The minimum atomic E-state index is -0.801. The predicted octanol–water partition coefficient (Wildman–Crippen LogP) is 2.24. The number of methoxy groups -OCH3 is 2. The van der Waals surface area contributed by atoms with Gasteiger partial charge in [-0.25, -0.2) is 4.79 Å². The molecule has 0 unspecified atom stereocenters. The fourth-order valence-corrected chi connectivity index (χ4v) is 4.35. The number of morpholine rings is 1. The molecule has 35 heavy (non-hydrogen) atoms. The first kappa shape index (κ1) is 24.4. The maximum absolute atomic E-state index is 13.2. The highest BCUT2D eigenvalue weighted by Crippen LogP contribution is 2.39. The second-order valence-electron chi connectivity index (χ2n) is 8.29. The van der Waals surface area contributed by atoms with Gasteiger partial charge in [0.05, 0.1) is 44.6 Å².